The summed E-state index contributed by atoms with van der Waals surface area (Å²) in [6.45, 7) is 2.08. The van der Waals surface area contributed by atoms with Crippen molar-refractivity contribution in [2.24, 2.45) is 0 Å². The second-order valence-corrected chi connectivity index (χ2v) is 7.26. The fourth-order valence-electron chi connectivity index (χ4n) is 3.30. The van der Waals surface area contributed by atoms with Crippen molar-refractivity contribution in [1.29, 1.82) is 0 Å². The fourth-order valence-corrected chi connectivity index (χ4v) is 3.43. The Morgan fingerprint density at radius 2 is 1.58 bits per heavy atom. The minimum absolute atomic E-state index is 0.282. The van der Waals surface area contributed by atoms with Crippen LogP contribution < -0.4 is 0 Å². The lowest BCUT2D eigenvalue weighted by Gasteiger charge is -2.06. The minimum Gasteiger partial charge on any atom is -0.462 e. The zero-order valence-electron chi connectivity index (χ0n) is 17.0. The van der Waals surface area contributed by atoms with Crippen LogP contribution in [-0.4, -0.2) is 22.4 Å². The molecule has 1 aromatic heterocycles. The van der Waals surface area contributed by atoms with Crippen molar-refractivity contribution in [1.82, 2.24) is 9.78 Å². The predicted octanol–water partition coefficient (Wildman–Crippen LogP) is 6.54. The molecule has 4 rings (SSSR count). The van der Waals surface area contributed by atoms with Crippen LogP contribution in [0.25, 0.3) is 29.1 Å². The van der Waals surface area contributed by atoms with E-state index in [1.165, 1.54) is 0 Å². The smallest absolute Gasteiger partial charge is 0.342 e. The van der Waals surface area contributed by atoms with Crippen molar-refractivity contribution in [3.8, 4) is 16.9 Å². The molecule has 3 aromatic carbocycles. The average molecular weight is 429 g/mol. The van der Waals surface area contributed by atoms with E-state index in [0.29, 0.717) is 22.0 Å². The standard InChI is InChI=1S/C26H21ClN2O2/c1-2-31-26(30)24-23(18-15-19-13-16-21(27)17-14-19)29(22-11-7-4-8-12-22)28-25(24)20-9-5-3-6-10-20/h3-18H,2H2,1H3/b18-15+. The van der Waals surface area contributed by atoms with Gasteiger partial charge in [0.2, 0.25) is 0 Å². The fraction of sp³-hybridized carbons (Fsp3) is 0.0769. The first-order valence-corrected chi connectivity index (χ1v) is 10.4. The molecular weight excluding hydrogens is 408 g/mol. The summed E-state index contributed by atoms with van der Waals surface area (Å²) in [7, 11) is 0. The van der Waals surface area contributed by atoms with E-state index in [0.717, 1.165) is 16.8 Å². The number of esters is 1. The van der Waals surface area contributed by atoms with Crippen molar-refractivity contribution in [2.75, 3.05) is 6.61 Å². The summed E-state index contributed by atoms with van der Waals surface area (Å²) in [5.41, 5.74) is 4.33. The van der Waals surface area contributed by atoms with Crippen LogP contribution in [0.5, 0.6) is 0 Å². The van der Waals surface area contributed by atoms with Crippen LogP contribution in [-0.2, 0) is 4.74 Å². The molecule has 0 N–H and O–H groups in total. The van der Waals surface area contributed by atoms with E-state index < -0.39 is 5.97 Å². The summed E-state index contributed by atoms with van der Waals surface area (Å²) >= 11 is 6.01. The van der Waals surface area contributed by atoms with E-state index in [9.17, 15) is 4.79 Å². The molecular formula is C26H21ClN2O2. The van der Waals surface area contributed by atoms with Gasteiger partial charge in [-0.05, 0) is 42.8 Å². The second-order valence-electron chi connectivity index (χ2n) is 6.83. The van der Waals surface area contributed by atoms with Crippen LogP contribution in [0.3, 0.4) is 0 Å². The van der Waals surface area contributed by atoms with E-state index in [2.05, 4.69) is 0 Å². The van der Waals surface area contributed by atoms with E-state index in [-0.39, 0.29) is 6.61 Å². The summed E-state index contributed by atoms with van der Waals surface area (Å²) < 4.78 is 7.18. The molecule has 154 valence electrons. The summed E-state index contributed by atoms with van der Waals surface area (Å²) in [5.74, 6) is -0.403. The zero-order valence-corrected chi connectivity index (χ0v) is 17.8. The van der Waals surface area contributed by atoms with Gasteiger partial charge in [-0.3, -0.25) is 0 Å². The maximum absolute atomic E-state index is 13.0. The Morgan fingerprint density at radius 3 is 2.23 bits per heavy atom. The molecule has 4 nitrogen and oxygen atoms in total. The quantitative estimate of drug-likeness (QED) is 0.327. The molecule has 0 atom stereocenters. The monoisotopic (exact) mass is 428 g/mol. The molecule has 0 aliphatic carbocycles. The Kier molecular flexibility index (Phi) is 6.29. The molecule has 0 unspecified atom stereocenters. The van der Waals surface area contributed by atoms with Crippen molar-refractivity contribution < 1.29 is 9.53 Å². The molecule has 0 bridgehead atoms. The summed E-state index contributed by atoms with van der Waals surface area (Å²) in [6, 6.07) is 26.9. The van der Waals surface area contributed by atoms with Gasteiger partial charge < -0.3 is 4.74 Å². The van der Waals surface area contributed by atoms with Gasteiger partial charge in [-0.15, -0.1) is 0 Å². The predicted molar refractivity (Wildman–Crippen MR) is 125 cm³/mol. The Morgan fingerprint density at radius 1 is 0.935 bits per heavy atom. The van der Waals surface area contributed by atoms with Gasteiger partial charge in [0, 0.05) is 10.6 Å². The number of carbonyl (C=O) groups is 1. The number of rotatable bonds is 6. The third-order valence-corrected chi connectivity index (χ3v) is 5.00. The Hall–Kier alpha value is -3.63. The van der Waals surface area contributed by atoms with Crippen LogP contribution in [0, 0.1) is 0 Å². The van der Waals surface area contributed by atoms with Crippen LogP contribution >= 0.6 is 11.6 Å². The van der Waals surface area contributed by atoms with Crippen LogP contribution in [0.1, 0.15) is 28.5 Å². The van der Waals surface area contributed by atoms with E-state index in [1.807, 2.05) is 97.1 Å². The van der Waals surface area contributed by atoms with Crippen molar-refractivity contribution in [3.05, 3.63) is 107 Å². The van der Waals surface area contributed by atoms with Gasteiger partial charge in [0.1, 0.15) is 11.3 Å². The van der Waals surface area contributed by atoms with Gasteiger partial charge >= 0.3 is 5.97 Å². The maximum atomic E-state index is 13.0. The van der Waals surface area contributed by atoms with Gasteiger partial charge in [-0.25, -0.2) is 9.48 Å². The first-order chi connectivity index (χ1) is 15.2. The number of halogens is 1. The molecule has 0 saturated heterocycles. The van der Waals surface area contributed by atoms with Crippen molar-refractivity contribution in [2.45, 2.75) is 6.92 Å². The Balaban J connectivity index is 1.93. The van der Waals surface area contributed by atoms with Gasteiger partial charge in [0.25, 0.3) is 0 Å². The number of benzene rings is 3. The molecule has 0 fully saturated rings. The number of para-hydroxylation sites is 1. The highest BCUT2D eigenvalue weighted by Crippen LogP contribution is 2.30. The topological polar surface area (TPSA) is 44.1 Å². The maximum Gasteiger partial charge on any atom is 0.342 e. The lowest BCUT2D eigenvalue weighted by Crippen LogP contribution is -2.08. The average Bonchev–Trinajstić information content (AvgIpc) is 3.20. The Labute approximate surface area is 186 Å². The van der Waals surface area contributed by atoms with Crippen molar-refractivity contribution >= 4 is 29.7 Å². The Bertz CT molecular complexity index is 1200. The molecule has 31 heavy (non-hydrogen) atoms. The summed E-state index contributed by atoms with van der Waals surface area (Å²) in [4.78, 5) is 13.0. The van der Waals surface area contributed by atoms with E-state index in [1.54, 1.807) is 11.6 Å². The number of hydrogen-bond acceptors (Lipinski definition) is 3. The molecule has 1 heterocycles. The highest BCUT2D eigenvalue weighted by Gasteiger charge is 2.25. The molecule has 0 spiro atoms. The molecule has 5 heteroatoms. The van der Waals surface area contributed by atoms with Gasteiger partial charge in [-0.2, -0.15) is 5.10 Å². The molecule has 0 radical (unpaired) electrons. The molecule has 0 saturated carbocycles. The minimum atomic E-state index is -0.403. The molecule has 0 amide bonds. The second kappa shape index (κ2) is 9.45. The normalized spacial score (nSPS) is 11.0. The molecule has 4 aromatic rings. The van der Waals surface area contributed by atoms with Crippen molar-refractivity contribution in [3.63, 3.8) is 0 Å². The van der Waals surface area contributed by atoms with Crippen LogP contribution in [0.15, 0.2) is 84.9 Å². The van der Waals surface area contributed by atoms with E-state index in [4.69, 9.17) is 21.4 Å². The SMILES string of the molecule is CCOC(=O)c1c(-c2ccccc2)nn(-c2ccccc2)c1/C=C/c1ccc(Cl)cc1. The van der Waals surface area contributed by atoms with Gasteiger partial charge in [0.05, 0.1) is 18.0 Å². The largest absolute Gasteiger partial charge is 0.462 e. The van der Waals surface area contributed by atoms with Crippen LogP contribution in [0.2, 0.25) is 5.02 Å². The number of hydrogen-bond donors (Lipinski definition) is 0. The zero-order chi connectivity index (χ0) is 21.6. The number of carbonyl (C=O) groups excluding carboxylic acids is 1. The molecule has 0 aliphatic heterocycles. The first-order valence-electron chi connectivity index (χ1n) is 10.0. The number of ether oxygens (including phenoxy) is 1. The van der Waals surface area contributed by atoms with Gasteiger partial charge in [0.15, 0.2) is 0 Å². The van der Waals surface area contributed by atoms with E-state index >= 15 is 0 Å². The lowest BCUT2D eigenvalue weighted by molar-refractivity contribution is 0.0527. The molecule has 0 aliphatic rings. The first kappa shape index (κ1) is 20.6. The highest BCUT2D eigenvalue weighted by atomic mass is 35.5. The lowest BCUT2D eigenvalue weighted by atomic mass is 10.0. The van der Waals surface area contributed by atoms with Crippen LogP contribution in [0.4, 0.5) is 0 Å². The third kappa shape index (κ3) is 4.60. The third-order valence-electron chi connectivity index (χ3n) is 4.75. The summed E-state index contributed by atoms with van der Waals surface area (Å²) in [6.07, 6.45) is 3.83. The van der Waals surface area contributed by atoms with Gasteiger partial charge in [-0.1, -0.05) is 78.3 Å². The highest BCUT2D eigenvalue weighted by molar-refractivity contribution is 6.30. The number of aromatic nitrogens is 2. The summed E-state index contributed by atoms with van der Waals surface area (Å²) in [5, 5.41) is 5.50. The number of nitrogens with zero attached hydrogens (tertiary/aromatic N) is 2.